The molecule has 3 aliphatic carbocycles. The molecule has 3 saturated carbocycles. The van der Waals surface area contributed by atoms with Crippen molar-refractivity contribution in [3.63, 3.8) is 0 Å². The zero-order valence-electron chi connectivity index (χ0n) is 28.0. The van der Waals surface area contributed by atoms with Gasteiger partial charge < -0.3 is 27.0 Å². The minimum Gasteiger partial charge on any atom is -0.861 e. The van der Waals surface area contributed by atoms with Gasteiger partial charge in [-0.25, -0.2) is 11.6 Å². The Bertz CT molecular complexity index is 1020. The van der Waals surface area contributed by atoms with E-state index in [-0.39, 0.29) is 47.3 Å². The molecule has 2 heterocycles. The first kappa shape index (κ1) is 41.8. The van der Waals surface area contributed by atoms with Crippen LogP contribution < -0.4 is 22.7 Å². The van der Waals surface area contributed by atoms with Crippen molar-refractivity contribution in [3.05, 3.63) is 11.4 Å². The number of imide groups is 1. The van der Waals surface area contributed by atoms with E-state index >= 15 is 0 Å². The highest BCUT2D eigenvalue weighted by Gasteiger charge is 2.54. The summed E-state index contributed by atoms with van der Waals surface area (Å²) >= 11 is 0. The Morgan fingerprint density at radius 2 is 1.40 bits per heavy atom. The minimum absolute atomic E-state index is 0. The van der Waals surface area contributed by atoms with Crippen molar-refractivity contribution in [3.8, 4) is 0 Å². The second kappa shape index (κ2) is 20.8. The SMILES string of the molecule is CCOC(=O)CC.N.O=C1CC2(CCCCC2)CC(=O)N1.O=C1CCCCC1.[C-]#[N+]C1C(=O)N=C([O-])C(C)C12CCCCC2.[NH4+]. The Labute approximate surface area is 268 Å². The maximum absolute atomic E-state index is 11.7. The largest absolute Gasteiger partial charge is 0.861 e. The van der Waals surface area contributed by atoms with Crippen LogP contribution in [0.15, 0.2) is 4.99 Å². The third-order valence-corrected chi connectivity index (χ3v) is 9.41. The average molecular weight is 636 g/mol. The molecule has 1 saturated heterocycles. The van der Waals surface area contributed by atoms with E-state index in [1.165, 1.54) is 25.7 Å². The van der Waals surface area contributed by atoms with Crippen LogP contribution in [0, 0.1) is 23.3 Å². The van der Waals surface area contributed by atoms with Gasteiger partial charge in [-0.2, -0.15) is 0 Å². The summed E-state index contributed by atoms with van der Waals surface area (Å²) in [6.07, 6.45) is 17.4. The molecule has 256 valence electrons. The Hall–Kier alpha value is -3.17. The molecule has 0 aromatic carbocycles. The molecule has 2 unspecified atom stereocenters. The van der Waals surface area contributed by atoms with Gasteiger partial charge in [0.2, 0.25) is 11.8 Å². The van der Waals surface area contributed by atoms with Crippen LogP contribution in [0.2, 0.25) is 0 Å². The number of aliphatic imine (C=N–C) groups is 1. The summed E-state index contributed by atoms with van der Waals surface area (Å²) in [5, 5.41) is 14.0. The lowest BCUT2D eigenvalue weighted by Crippen LogP contribution is -2.53. The van der Waals surface area contributed by atoms with E-state index in [9.17, 15) is 29.1 Å². The Kier molecular flexibility index (Phi) is 19.3. The van der Waals surface area contributed by atoms with Gasteiger partial charge in [0.15, 0.2) is 0 Å². The Balaban J connectivity index is 0.000000601. The van der Waals surface area contributed by atoms with E-state index in [0.29, 0.717) is 31.7 Å². The molecule has 45 heavy (non-hydrogen) atoms. The first-order valence-corrected chi connectivity index (χ1v) is 16.2. The first-order valence-electron chi connectivity index (χ1n) is 16.2. The smallest absolute Gasteiger partial charge is 0.328 e. The topological polar surface area (TPSA) is 218 Å². The van der Waals surface area contributed by atoms with E-state index in [2.05, 4.69) is 19.9 Å². The van der Waals surface area contributed by atoms with Gasteiger partial charge >= 0.3 is 17.9 Å². The molecule has 12 heteroatoms. The van der Waals surface area contributed by atoms with Crippen molar-refractivity contribution in [2.24, 2.45) is 21.7 Å². The Morgan fingerprint density at radius 3 is 1.80 bits per heavy atom. The number of carbonyl (C=O) groups is 5. The van der Waals surface area contributed by atoms with E-state index in [1.807, 2.05) is 6.92 Å². The fourth-order valence-corrected chi connectivity index (χ4v) is 6.95. The van der Waals surface area contributed by atoms with Crippen molar-refractivity contribution in [2.75, 3.05) is 6.61 Å². The van der Waals surface area contributed by atoms with Crippen LogP contribution >= 0.6 is 0 Å². The summed E-state index contributed by atoms with van der Waals surface area (Å²) in [5.41, 5.74) is -0.381. The molecule has 8 N–H and O–H groups in total. The van der Waals surface area contributed by atoms with Gasteiger partial charge in [-0.15, -0.1) is 0 Å². The molecular formula is C33H57N5O7. The highest BCUT2D eigenvalue weighted by atomic mass is 16.5. The van der Waals surface area contributed by atoms with Crippen molar-refractivity contribution in [2.45, 2.75) is 142 Å². The van der Waals surface area contributed by atoms with Crippen molar-refractivity contribution < 1.29 is 33.8 Å². The number of nitrogens with one attached hydrogen (secondary N) is 1. The molecule has 2 aliphatic heterocycles. The van der Waals surface area contributed by atoms with E-state index in [1.54, 1.807) is 13.8 Å². The number of esters is 1. The van der Waals surface area contributed by atoms with Crippen LogP contribution in [0.5, 0.6) is 0 Å². The third-order valence-electron chi connectivity index (χ3n) is 9.41. The molecule has 0 aromatic rings. The standard InChI is InChI=1S/C12H16N2O2.C10H15NO2.C6H10O.C5H10O2.2H3N/c1-8-10(15)14-11(16)9(13-2)12(8)6-4-3-5-7-12;12-8-6-10(7-9(13)11-8)4-2-1-3-5-10;7-6-4-2-1-3-5-6;1-3-5(6)7-4-2;;/h8-9H,3-7H2,1H3,(H,14,15,16);1-7H2,(H,11,12,13);1-5H2;3-4H2,1-2H3;2*1H3. The maximum atomic E-state index is 11.7. The lowest BCUT2D eigenvalue weighted by molar-refractivity contribution is -0.230. The third kappa shape index (κ3) is 12.6. The second-order valence-electron chi connectivity index (χ2n) is 12.5. The van der Waals surface area contributed by atoms with Crippen LogP contribution in [0.25, 0.3) is 4.85 Å². The number of amides is 3. The van der Waals surface area contributed by atoms with Crippen molar-refractivity contribution >= 4 is 35.4 Å². The van der Waals surface area contributed by atoms with Gasteiger partial charge in [-0.1, -0.05) is 58.8 Å². The van der Waals surface area contributed by atoms with Crippen LogP contribution in [-0.4, -0.2) is 48.0 Å². The molecular weight excluding hydrogens is 578 g/mol. The summed E-state index contributed by atoms with van der Waals surface area (Å²) in [6.45, 7) is 13.1. The zero-order chi connectivity index (χ0) is 31.9. The van der Waals surface area contributed by atoms with Gasteiger partial charge in [0.05, 0.1) is 12.0 Å². The molecule has 0 aromatic heterocycles. The predicted molar refractivity (Wildman–Crippen MR) is 171 cm³/mol. The number of quaternary nitrogens is 1. The number of piperidine rings is 1. The monoisotopic (exact) mass is 635 g/mol. The lowest BCUT2D eigenvalue weighted by atomic mass is 9.61. The zero-order valence-corrected chi connectivity index (χ0v) is 28.0. The molecule has 2 atom stereocenters. The quantitative estimate of drug-likeness (QED) is 0.198. The van der Waals surface area contributed by atoms with Crippen LogP contribution in [0.3, 0.4) is 0 Å². The summed E-state index contributed by atoms with van der Waals surface area (Å²) < 4.78 is 4.55. The van der Waals surface area contributed by atoms with Crippen molar-refractivity contribution in [1.82, 2.24) is 17.6 Å². The highest BCUT2D eigenvalue weighted by molar-refractivity contribution is 5.99. The molecule has 12 nitrogen and oxygen atoms in total. The molecule has 4 fully saturated rings. The number of ether oxygens (including phenoxy) is 1. The number of hydrogen-bond donors (Lipinski definition) is 3. The van der Waals surface area contributed by atoms with Gasteiger partial charge in [-0.3, -0.25) is 29.3 Å². The van der Waals surface area contributed by atoms with E-state index in [0.717, 1.165) is 70.6 Å². The summed E-state index contributed by atoms with van der Waals surface area (Å²) in [7, 11) is 0. The number of carbonyl (C=O) groups excluding carboxylic acids is 5. The van der Waals surface area contributed by atoms with Crippen LogP contribution in [-0.2, 0) is 28.7 Å². The molecule has 5 aliphatic rings. The predicted octanol–water partition coefficient (Wildman–Crippen LogP) is 5.55. The fraction of sp³-hybridized carbons (Fsp3) is 0.788. The first-order chi connectivity index (χ1) is 20.5. The molecule has 2 spiro atoms. The Morgan fingerprint density at radius 1 is 0.911 bits per heavy atom. The average Bonchev–Trinajstić information content (AvgIpc) is 2.98. The second-order valence-corrected chi connectivity index (χ2v) is 12.5. The number of ketones is 1. The normalized spacial score (nSPS) is 24.5. The number of nitrogens with zero attached hydrogens (tertiary/aromatic N) is 2. The van der Waals surface area contributed by atoms with Crippen LogP contribution in [0.4, 0.5) is 0 Å². The van der Waals surface area contributed by atoms with E-state index in [4.69, 9.17) is 6.57 Å². The van der Waals surface area contributed by atoms with Gasteiger partial charge in [-0.05, 0) is 62.7 Å². The van der Waals surface area contributed by atoms with Crippen LogP contribution in [0.1, 0.15) is 136 Å². The molecule has 0 radical (unpaired) electrons. The summed E-state index contributed by atoms with van der Waals surface area (Å²) in [6, 6.07) is -0.722. The van der Waals surface area contributed by atoms with Gasteiger partial charge in [0.25, 0.3) is 0 Å². The van der Waals surface area contributed by atoms with Gasteiger partial charge in [0.1, 0.15) is 5.78 Å². The molecule has 3 amide bonds. The fourth-order valence-electron chi connectivity index (χ4n) is 6.95. The van der Waals surface area contributed by atoms with Crippen molar-refractivity contribution in [1.29, 1.82) is 0 Å². The summed E-state index contributed by atoms with van der Waals surface area (Å²) in [5.74, 6) is -0.915. The number of Topliss-reactive ketones (excluding diaryl/α,β-unsaturated/α-hetero) is 1. The van der Waals surface area contributed by atoms with Gasteiger partial charge in [0, 0.05) is 32.1 Å². The summed E-state index contributed by atoms with van der Waals surface area (Å²) in [4.78, 5) is 61.7. The maximum Gasteiger partial charge on any atom is 0.328 e. The number of hydrogen-bond acceptors (Lipinski definition) is 8. The van der Waals surface area contributed by atoms with E-state index < -0.39 is 17.4 Å². The highest BCUT2D eigenvalue weighted by Crippen LogP contribution is 2.49. The number of rotatable bonds is 2. The molecule has 5 rings (SSSR count). The lowest BCUT2D eigenvalue weighted by Gasteiger charge is -2.45. The minimum atomic E-state index is -0.722. The molecule has 0 bridgehead atoms.